The molecule has 0 saturated heterocycles. The third-order valence-electron chi connectivity index (χ3n) is 2.06. The largest absolute Gasteiger partial charge is 1.00 e. The quantitative estimate of drug-likeness (QED) is 0.278. The van der Waals surface area contributed by atoms with Crippen LogP contribution in [0.3, 0.4) is 0 Å². The monoisotopic (exact) mass is 240 g/mol. The van der Waals surface area contributed by atoms with Crippen molar-refractivity contribution >= 4 is 18.8 Å². The molecular weight excluding hydrogens is 230 g/mol. The van der Waals surface area contributed by atoms with Gasteiger partial charge in [0.1, 0.15) is 0 Å². The molecule has 76 valence electrons. The van der Waals surface area contributed by atoms with Crippen LogP contribution in [0.1, 0.15) is 0 Å². The molecule has 2 rings (SSSR count). The van der Waals surface area contributed by atoms with Gasteiger partial charge in [0.05, 0.1) is 8.15 Å². The van der Waals surface area contributed by atoms with Crippen LogP contribution >= 0.6 is 8.15 Å². The minimum absolute atomic E-state index is 0. The Morgan fingerprint density at radius 2 is 1.12 bits per heavy atom. The molecule has 0 unspecified atom stereocenters. The minimum atomic E-state index is -1.20. The Kier molecular flexibility index (Phi) is 6.22. The van der Waals surface area contributed by atoms with Crippen molar-refractivity contribution in [2.24, 2.45) is 0 Å². The third kappa shape index (κ3) is 3.39. The van der Waals surface area contributed by atoms with Gasteiger partial charge < -0.3 is 9.93 Å². The second-order valence-corrected chi connectivity index (χ2v) is 4.81. The molecule has 0 bridgehead atoms. The molecule has 0 aliphatic heterocycles. The number of benzene rings is 2. The maximum Gasteiger partial charge on any atom is 1.00 e. The van der Waals surface area contributed by atoms with Crippen molar-refractivity contribution in [1.29, 1.82) is 0 Å². The van der Waals surface area contributed by atoms with Gasteiger partial charge in [0.15, 0.2) is 0 Å². The van der Waals surface area contributed by atoms with Gasteiger partial charge in [-0.15, -0.1) is 0 Å². The summed E-state index contributed by atoms with van der Waals surface area (Å²) in [5, 5.41) is 12.6. The predicted molar refractivity (Wildman–Crippen MR) is 60.2 cm³/mol. The van der Waals surface area contributed by atoms with Crippen molar-refractivity contribution in [3.63, 3.8) is 0 Å². The molecule has 2 aromatic carbocycles. The standard InChI is InChI=1S/C12H11O2P.Na/c13-14-15(11-7-3-1-4-8-11)12-9-5-2-6-10-12;/h1-10,13H;/q;+1/p-1. The predicted octanol–water partition coefficient (Wildman–Crippen LogP) is -1.67. The van der Waals surface area contributed by atoms with Crippen LogP contribution in [-0.2, 0) is 4.67 Å². The molecule has 0 heterocycles. The average Bonchev–Trinajstić information content (AvgIpc) is 2.33. The zero-order chi connectivity index (χ0) is 10.5. The Balaban J connectivity index is 0.00000128. The zero-order valence-electron chi connectivity index (χ0n) is 9.04. The van der Waals surface area contributed by atoms with Crippen LogP contribution in [0, 0.1) is 0 Å². The first-order chi connectivity index (χ1) is 7.42. The Labute approximate surface area is 118 Å². The maximum atomic E-state index is 10.8. The fourth-order valence-electron chi connectivity index (χ4n) is 1.36. The molecule has 0 aromatic heterocycles. The summed E-state index contributed by atoms with van der Waals surface area (Å²) in [5.74, 6) is 0. The molecule has 0 fully saturated rings. The van der Waals surface area contributed by atoms with Gasteiger partial charge in [-0.2, -0.15) is 0 Å². The zero-order valence-corrected chi connectivity index (χ0v) is 11.9. The summed E-state index contributed by atoms with van der Waals surface area (Å²) < 4.78 is 4.34. The molecule has 16 heavy (non-hydrogen) atoms. The van der Waals surface area contributed by atoms with E-state index >= 15 is 0 Å². The Morgan fingerprint density at radius 3 is 1.44 bits per heavy atom. The SMILES string of the molecule is [Na+].[O-]OP(c1ccccc1)c1ccccc1. The topological polar surface area (TPSA) is 32.3 Å². The molecule has 0 aliphatic carbocycles. The van der Waals surface area contributed by atoms with Crippen LogP contribution < -0.4 is 45.4 Å². The van der Waals surface area contributed by atoms with Gasteiger partial charge in [-0.3, -0.25) is 0 Å². The minimum Gasteiger partial charge on any atom is -0.719 e. The summed E-state index contributed by atoms with van der Waals surface area (Å²) in [4.78, 5) is 0. The number of hydrogen-bond acceptors (Lipinski definition) is 2. The van der Waals surface area contributed by atoms with Crippen LogP contribution in [0.5, 0.6) is 0 Å². The first-order valence-corrected chi connectivity index (χ1v) is 5.88. The van der Waals surface area contributed by atoms with Gasteiger partial charge in [0.2, 0.25) is 0 Å². The van der Waals surface area contributed by atoms with Crippen molar-refractivity contribution in [3.8, 4) is 0 Å². The van der Waals surface area contributed by atoms with E-state index < -0.39 is 8.15 Å². The van der Waals surface area contributed by atoms with Crippen molar-refractivity contribution in [2.75, 3.05) is 0 Å². The summed E-state index contributed by atoms with van der Waals surface area (Å²) in [6, 6.07) is 19.1. The van der Waals surface area contributed by atoms with Crippen molar-refractivity contribution < 1.29 is 39.5 Å². The summed E-state index contributed by atoms with van der Waals surface area (Å²) in [6.07, 6.45) is 0. The van der Waals surface area contributed by atoms with E-state index in [1.54, 1.807) is 0 Å². The van der Waals surface area contributed by atoms with Gasteiger partial charge in [-0.1, -0.05) is 60.7 Å². The first-order valence-electron chi connectivity index (χ1n) is 4.62. The molecule has 4 heteroatoms. The average molecular weight is 240 g/mol. The molecule has 0 N–H and O–H groups in total. The first kappa shape index (κ1) is 13.9. The van der Waals surface area contributed by atoms with Crippen LogP contribution in [0.15, 0.2) is 60.7 Å². The van der Waals surface area contributed by atoms with E-state index in [1.165, 1.54) is 0 Å². The molecule has 0 saturated carbocycles. The molecule has 2 aromatic rings. The normalized spacial score (nSPS) is 9.88. The fourth-order valence-corrected chi connectivity index (χ4v) is 2.72. The summed E-state index contributed by atoms with van der Waals surface area (Å²) in [7, 11) is -1.20. The summed E-state index contributed by atoms with van der Waals surface area (Å²) in [6.45, 7) is 0. The van der Waals surface area contributed by atoms with E-state index in [1.807, 2.05) is 60.7 Å². The van der Waals surface area contributed by atoms with Gasteiger partial charge in [0.25, 0.3) is 0 Å². The van der Waals surface area contributed by atoms with Gasteiger partial charge in [-0.05, 0) is 0 Å². The van der Waals surface area contributed by atoms with Crippen LogP contribution in [0.4, 0.5) is 0 Å². The second kappa shape index (κ2) is 7.18. The number of hydrogen-bond donors (Lipinski definition) is 0. The summed E-state index contributed by atoms with van der Waals surface area (Å²) >= 11 is 0. The molecule has 0 radical (unpaired) electrons. The third-order valence-corrected chi connectivity index (χ3v) is 3.74. The molecular formula is C12H10NaO2P. The maximum absolute atomic E-state index is 10.8. The van der Waals surface area contributed by atoms with Gasteiger partial charge >= 0.3 is 29.6 Å². The Morgan fingerprint density at radius 1 is 0.750 bits per heavy atom. The van der Waals surface area contributed by atoms with E-state index in [0.29, 0.717) is 0 Å². The van der Waals surface area contributed by atoms with Crippen LogP contribution in [-0.4, -0.2) is 0 Å². The molecule has 0 atom stereocenters. The molecule has 2 nitrogen and oxygen atoms in total. The summed E-state index contributed by atoms with van der Waals surface area (Å²) in [5.41, 5.74) is 0. The van der Waals surface area contributed by atoms with Crippen LogP contribution in [0.25, 0.3) is 0 Å². The Hall–Kier alpha value is -0.210. The molecule has 0 aliphatic rings. The fraction of sp³-hybridized carbons (Fsp3) is 0. The van der Waals surface area contributed by atoms with Crippen molar-refractivity contribution in [1.82, 2.24) is 0 Å². The van der Waals surface area contributed by atoms with Gasteiger partial charge in [-0.25, -0.2) is 0 Å². The van der Waals surface area contributed by atoms with Crippen molar-refractivity contribution in [3.05, 3.63) is 60.7 Å². The smallest absolute Gasteiger partial charge is 0.719 e. The molecule has 0 amide bonds. The molecule has 0 spiro atoms. The number of rotatable bonds is 3. The van der Waals surface area contributed by atoms with Gasteiger partial charge in [0, 0.05) is 10.6 Å². The van der Waals surface area contributed by atoms with E-state index in [4.69, 9.17) is 0 Å². The van der Waals surface area contributed by atoms with Crippen LogP contribution in [0.2, 0.25) is 0 Å². The van der Waals surface area contributed by atoms with Crippen molar-refractivity contribution in [2.45, 2.75) is 0 Å². The van der Waals surface area contributed by atoms with E-state index in [9.17, 15) is 5.26 Å². The van der Waals surface area contributed by atoms with E-state index in [-0.39, 0.29) is 29.6 Å². The van der Waals surface area contributed by atoms with E-state index in [2.05, 4.69) is 4.67 Å². The second-order valence-electron chi connectivity index (χ2n) is 3.04. The Bertz CT molecular complexity index is 368. The van der Waals surface area contributed by atoms with E-state index in [0.717, 1.165) is 10.6 Å².